The maximum absolute atomic E-state index is 11.1. The van der Waals surface area contributed by atoms with Gasteiger partial charge in [-0.1, -0.05) is 11.6 Å². The minimum Gasteiger partial charge on any atom is -0.465 e. The molecule has 0 aliphatic carbocycles. The number of rotatable bonds is 1. The molecule has 0 heterocycles. The summed E-state index contributed by atoms with van der Waals surface area (Å²) in [5.74, 6) is -0.520. The number of nitrogens with zero attached hydrogens (tertiary/aromatic N) is 1. The Labute approximate surface area is 91.7 Å². The number of hydrogen-bond acceptors (Lipinski definition) is 4. The van der Waals surface area contributed by atoms with Crippen LogP contribution in [0, 0.1) is 11.3 Å². The van der Waals surface area contributed by atoms with E-state index in [0.29, 0.717) is 4.90 Å². The van der Waals surface area contributed by atoms with Crippen LogP contribution in [0.25, 0.3) is 0 Å². The van der Waals surface area contributed by atoms with Gasteiger partial charge >= 0.3 is 5.97 Å². The first kappa shape index (κ1) is 10.9. The normalized spacial score (nSPS) is 9.29. The van der Waals surface area contributed by atoms with Gasteiger partial charge in [0.25, 0.3) is 0 Å². The van der Waals surface area contributed by atoms with E-state index < -0.39 is 5.97 Å². The Hall–Kier alpha value is -1.18. The van der Waals surface area contributed by atoms with Crippen LogP contribution in [0.4, 0.5) is 0 Å². The van der Waals surface area contributed by atoms with E-state index >= 15 is 0 Å². The molecule has 3 nitrogen and oxygen atoms in total. The summed E-state index contributed by atoms with van der Waals surface area (Å²) in [7, 11) is 1.27. The van der Waals surface area contributed by atoms with Crippen molar-refractivity contribution < 1.29 is 9.53 Å². The van der Waals surface area contributed by atoms with Crippen molar-refractivity contribution in [2.75, 3.05) is 7.11 Å². The molecule has 0 unspecified atom stereocenters. The summed E-state index contributed by atoms with van der Waals surface area (Å²) in [6.45, 7) is 0. The maximum Gasteiger partial charge on any atom is 0.337 e. The van der Waals surface area contributed by atoms with Crippen molar-refractivity contribution >= 4 is 30.2 Å². The Morgan fingerprint density at radius 3 is 2.79 bits per heavy atom. The molecule has 0 N–H and O–H groups in total. The molecule has 0 atom stereocenters. The minimum absolute atomic E-state index is 0.208. The van der Waals surface area contributed by atoms with Gasteiger partial charge in [-0.25, -0.2) is 4.79 Å². The van der Waals surface area contributed by atoms with Crippen molar-refractivity contribution in [1.82, 2.24) is 0 Å². The van der Waals surface area contributed by atoms with Crippen molar-refractivity contribution in [2.45, 2.75) is 4.90 Å². The number of methoxy groups -OCH3 is 1. The Morgan fingerprint density at radius 1 is 1.64 bits per heavy atom. The van der Waals surface area contributed by atoms with E-state index in [-0.39, 0.29) is 16.1 Å². The smallest absolute Gasteiger partial charge is 0.337 e. The lowest BCUT2D eigenvalue weighted by Gasteiger charge is -2.03. The molecule has 1 aromatic rings. The maximum atomic E-state index is 11.1. The predicted octanol–water partition coefficient (Wildman–Crippen LogP) is 2.29. The Kier molecular flexibility index (Phi) is 3.39. The minimum atomic E-state index is -0.520. The number of carbonyl (C=O) groups is 1. The average molecular weight is 228 g/mol. The van der Waals surface area contributed by atoms with E-state index in [9.17, 15) is 4.79 Å². The van der Waals surface area contributed by atoms with Gasteiger partial charge in [0.2, 0.25) is 0 Å². The number of halogens is 1. The number of ether oxygens (including phenoxy) is 1. The number of nitriles is 1. The summed E-state index contributed by atoms with van der Waals surface area (Å²) in [5, 5.41) is 8.94. The van der Waals surface area contributed by atoms with Gasteiger partial charge in [-0.2, -0.15) is 5.26 Å². The molecule has 0 fully saturated rings. The largest absolute Gasteiger partial charge is 0.465 e. The van der Waals surface area contributed by atoms with Gasteiger partial charge in [0, 0.05) is 4.90 Å². The summed E-state index contributed by atoms with van der Waals surface area (Å²) >= 11 is 9.80. The number of benzene rings is 1. The van der Waals surface area contributed by atoms with Crippen molar-refractivity contribution in [3.05, 3.63) is 28.3 Å². The number of carbonyl (C=O) groups excluding carboxylic acids is 1. The van der Waals surface area contributed by atoms with Gasteiger partial charge in [0.15, 0.2) is 0 Å². The van der Waals surface area contributed by atoms with Gasteiger partial charge < -0.3 is 4.74 Å². The lowest BCUT2D eigenvalue weighted by Crippen LogP contribution is -2.02. The molecule has 5 heteroatoms. The topological polar surface area (TPSA) is 50.1 Å². The zero-order chi connectivity index (χ0) is 10.7. The Balaban J connectivity index is 3.32. The first-order chi connectivity index (χ1) is 6.60. The van der Waals surface area contributed by atoms with Crippen molar-refractivity contribution in [3.8, 4) is 6.07 Å². The SMILES string of the molecule is COC(=O)c1cc(S)c(Cl)c(C#N)c1. The van der Waals surface area contributed by atoms with Crippen LogP contribution in [0.15, 0.2) is 17.0 Å². The number of thiol groups is 1. The molecule has 0 aliphatic heterocycles. The highest BCUT2D eigenvalue weighted by Crippen LogP contribution is 2.25. The second kappa shape index (κ2) is 4.36. The van der Waals surface area contributed by atoms with Crippen LogP contribution in [0.1, 0.15) is 15.9 Å². The fourth-order valence-electron chi connectivity index (χ4n) is 0.926. The molecule has 72 valence electrons. The molecule has 1 aromatic carbocycles. The van der Waals surface area contributed by atoms with Crippen LogP contribution in [0.2, 0.25) is 5.02 Å². The average Bonchev–Trinajstić information content (AvgIpc) is 2.20. The molecule has 0 bridgehead atoms. The fraction of sp³-hybridized carbons (Fsp3) is 0.111. The second-order valence-electron chi connectivity index (χ2n) is 2.46. The highest BCUT2D eigenvalue weighted by Gasteiger charge is 2.11. The van der Waals surface area contributed by atoms with Crippen LogP contribution in [-0.4, -0.2) is 13.1 Å². The molecule has 0 aromatic heterocycles. The third kappa shape index (κ3) is 2.00. The molecular formula is C9H6ClNO2S. The van der Waals surface area contributed by atoms with E-state index in [2.05, 4.69) is 17.4 Å². The third-order valence-electron chi connectivity index (χ3n) is 1.59. The molecule has 0 spiro atoms. The van der Waals surface area contributed by atoms with Gasteiger partial charge in [0.05, 0.1) is 23.3 Å². The summed E-state index contributed by atoms with van der Waals surface area (Å²) in [6.07, 6.45) is 0. The van der Waals surface area contributed by atoms with Crippen LogP contribution >= 0.6 is 24.2 Å². The molecule has 0 amide bonds. The van der Waals surface area contributed by atoms with Gasteiger partial charge in [-0.3, -0.25) is 0 Å². The lowest BCUT2D eigenvalue weighted by atomic mass is 10.1. The van der Waals surface area contributed by atoms with Crippen LogP contribution in [-0.2, 0) is 4.74 Å². The van der Waals surface area contributed by atoms with Gasteiger partial charge in [-0.15, -0.1) is 12.6 Å². The molecule has 0 saturated carbocycles. The van der Waals surface area contributed by atoms with E-state index in [1.807, 2.05) is 6.07 Å². The van der Waals surface area contributed by atoms with E-state index in [1.54, 1.807) is 0 Å². The van der Waals surface area contributed by atoms with Crippen molar-refractivity contribution in [1.29, 1.82) is 5.26 Å². The molecule has 14 heavy (non-hydrogen) atoms. The van der Waals surface area contributed by atoms with E-state index in [1.165, 1.54) is 19.2 Å². The molecule has 0 radical (unpaired) electrons. The van der Waals surface area contributed by atoms with Gasteiger partial charge in [0.1, 0.15) is 6.07 Å². The Bertz CT molecular complexity index is 426. The highest BCUT2D eigenvalue weighted by atomic mass is 35.5. The van der Waals surface area contributed by atoms with E-state index in [0.717, 1.165) is 0 Å². The summed E-state index contributed by atoms with van der Waals surface area (Å²) in [6, 6.07) is 4.69. The zero-order valence-corrected chi connectivity index (χ0v) is 8.89. The summed E-state index contributed by atoms with van der Waals surface area (Å²) in [4.78, 5) is 11.5. The van der Waals surface area contributed by atoms with Crippen LogP contribution < -0.4 is 0 Å². The van der Waals surface area contributed by atoms with Crippen molar-refractivity contribution in [3.63, 3.8) is 0 Å². The summed E-state index contributed by atoms with van der Waals surface area (Å²) < 4.78 is 4.51. The van der Waals surface area contributed by atoms with Crippen molar-refractivity contribution in [2.24, 2.45) is 0 Å². The summed E-state index contributed by atoms with van der Waals surface area (Å²) in [5.41, 5.74) is 0.470. The van der Waals surface area contributed by atoms with E-state index in [4.69, 9.17) is 16.9 Å². The fourth-order valence-corrected chi connectivity index (χ4v) is 1.34. The second-order valence-corrected chi connectivity index (χ2v) is 3.32. The molecule has 0 saturated heterocycles. The highest BCUT2D eigenvalue weighted by molar-refractivity contribution is 7.80. The molecule has 1 rings (SSSR count). The van der Waals surface area contributed by atoms with Crippen LogP contribution in [0.3, 0.4) is 0 Å². The monoisotopic (exact) mass is 227 g/mol. The standard InChI is InChI=1S/C9H6ClNO2S/c1-13-9(12)5-2-6(4-11)8(10)7(14)3-5/h2-3,14H,1H3. The van der Waals surface area contributed by atoms with Crippen LogP contribution in [0.5, 0.6) is 0 Å². The lowest BCUT2D eigenvalue weighted by molar-refractivity contribution is 0.0600. The zero-order valence-electron chi connectivity index (χ0n) is 7.24. The number of esters is 1. The quantitative estimate of drug-likeness (QED) is 0.592. The predicted molar refractivity (Wildman–Crippen MR) is 54.8 cm³/mol. The Morgan fingerprint density at radius 2 is 2.29 bits per heavy atom. The molecular weight excluding hydrogens is 222 g/mol. The number of hydrogen-bond donors (Lipinski definition) is 1. The first-order valence-corrected chi connectivity index (χ1v) is 4.43. The third-order valence-corrected chi connectivity index (χ3v) is 2.49. The van der Waals surface area contributed by atoms with Gasteiger partial charge in [-0.05, 0) is 12.1 Å². The first-order valence-electron chi connectivity index (χ1n) is 3.61. The molecule has 0 aliphatic rings.